The molecule has 0 aliphatic heterocycles. The first kappa shape index (κ1) is 17.1. The minimum Gasteiger partial charge on any atom is -0.493 e. The van der Waals surface area contributed by atoms with Gasteiger partial charge in [-0.25, -0.2) is 0 Å². The molecule has 0 bridgehead atoms. The fraction of sp³-hybridized carbons (Fsp3) is 0.188. The molecule has 8 nitrogen and oxygen atoms in total. The second kappa shape index (κ2) is 7.82. The van der Waals surface area contributed by atoms with E-state index >= 15 is 0 Å². The van der Waals surface area contributed by atoms with Crippen LogP contribution in [0.2, 0.25) is 0 Å². The molecule has 2 aromatic carbocycles. The van der Waals surface area contributed by atoms with E-state index < -0.39 is 4.92 Å². The van der Waals surface area contributed by atoms with Crippen LogP contribution in [0.5, 0.6) is 17.2 Å². The number of benzene rings is 2. The number of non-ortho nitro benzene ring substituents is 1. The summed E-state index contributed by atoms with van der Waals surface area (Å²) < 4.78 is 15.8. The first-order chi connectivity index (χ1) is 11.6. The van der Waals surface area contributed by atoms with Crippen molar-refractivity contribution in [3.63, 3.8) is 0 Å². The molecule has 8 heteroatoms. The molecule has 0 amide bonds. The van der Waals surface area contributed by atoms with Gasteiger partial charge in [0, 0.05) is 17.7 Å². The van der Waals surface area contributed by atoms with Crippen molar-refractivity contribution in [1.29, 1.82) is 0 Å². The van der Waals surface area contributed by atoms with Crippen molar-refractivity contribution in [3.8, 4) is 17.2 Å². The molecule has 1 N–H and O–H groups in total. The molecule has 24 heavy (non-hydrogen) atoms. The summed E-state index contributed by atoms with van der Waals surface area (Å²) in [6.45, 7) is 0. The van der Waals surface area contributed by atoms with Crippen LogP contribution in [0.1, 0.15) is 5.56 Å². The Balaban J connectivity index is 2.20. The molecule has 0 heterocycles. The summed E-state index contributed by atoms with van der Waals surface area (Å²) in [5.74, 6) is 1.51. The van der Waals surface area contributed by atoms with Crippen molar-refractivity contribution in [2.24, 2.45) is 5.10 Å². The second-order valence-electron chi connectivity index (χ2n) is 4.64. The SMILES string of the molecule is COc1cc(/C=N\Nc2cccc([N+](=O)[O-])c2)cc(OC)c1OC. The van der Waals surface area contributed by atoms with Gasteiger partial charge in [0.1, 0.15) is 0 Å². The topological polar surface area (TPSA) is 95.2 Å². The summed E-state index contributed by atoms with van der Waals surface area (Å²) in [4.78, 5) is 10.3. The highest BCUT2D eigenvalue weighted by molar-refractivity contribution is 5.83. The van der Waals surface area contributed by atoms with Gasteiger partial charge in [-0.1, -0.05) is 6.07 Å². The van der Waals surface area contributed by atoms with Gasteiger partial charge in [0.2, 0.25) is 5.75 Å². The number of ether oxygens (including phenoxy) is 3. The zero-order chi connectivity index (χ0) is 17.5. The quantitative estimate of drug-likeness (QED) is 0.476. The highest BCUT2D eigenvalue weighted by atomic mass is 16.6. The van der Waals surface area contributed by atoms with E-state index in [0.717, 1.165) is 0 Å². The zero-order valence-electron chi connectivity index (χ0n) is 13.5. The van der Waals surface area contributed by atoms with Crippen LogP contribution >= 0.6 is 0 Å². The van der Waals surface area contributed by atoms with E-state index in [4.69, 9.17) is 14.2 Å². The van der Waals surface area contributed by atoms with Gasteiger partial charge in [-0.05, 0) is 18.2 Å². The predicted molar refractivity (Wildman–Crippen MR) is 90.4 cm³/mol. The standard InChI is InChI=1S/C16H17N3O5/c1-22-14-7-11(8-15(23-2)16(14)24-3)10-17-18-12-5-4-6-13(9-12)19(20)21/h4-10,18H,1-3H3/b17-10-. The number of methoxy groups -OCH3 is 3. The Morgan fingerprint density at radius 2 is 1.75 bits per heavy atom. The van der Waals surface area contributed by atoms with Gasteiger partial charge < -0.3 is 14.2 Å². The molecule has 0 aromatic heterocycles. The molecule has 0 aliphatic rings. The van der Waals surface area contributed by atoms with Crippen molar-refractivity contribution >= 4 is 17.6 Å². The molecular weight excluding hydrogens is 314 g/mol. The van der Waals surface area contributed by atoms with Crippen LogP contribution in [-0.2, 0) is 0 Å². The normalized spacial score (nSPS) is 10.5. The maximum Gasteiger partial charge on any atom is 0.271 e. The third-order valence-corrected chi connectivity index (χ3v) is 3.15. The molecule has 0 spiro atoms. The van der Waals surface area contributed by atoms with Crippen LogP contribution in [0.15, 0.2) is 41.5 Å². The number of nitrogens with one attached hydrogen (secondary N) is 1. The van der Waals surface area contributed by atoms with Crippen molar-refractivity contribution < 1.29 is 19.1 Å². The lowest BCUT2D eigenvalue weighted by Crippen LogP contribution is -1.97. The Kier molecular flexibility index (Phi) is 5.56. The molecule has 0 atom stereocenters. The van der Waals surface area contributed by atoms with Gasteiger partial charge in [0.05, 0.1) is 38.2 Å². The first-order valence-corrected chi connectivity index (χ1v) is 6.92. The number of hydrazone groups is 1. The summed E-state index contributed by atoms with van der Waals surface area (Å²) in [6.07, 6.45) is 1.54. The average Bonchev–Trinajstić information content (AvgIpc) is 2.61. The molecule has 0 unspecified atom stereocenters. The second-order valence-corrected chi connectivity index (χ2v) is 4.64. The van der Waals surface area contributed by atoms with E-state index in [-0.39, 0.29) is 5.69 Å². The molecule has 0 saturated carbocycles. The van der Waals surface area contributed by atoms with Crippen LogP contribution < -0.4 is 19.6 Å². The Morgan fingerprint density at radius 1 is 1.08 bits per heavy atom. The molecule has 2 rings (SSSR count). The Hall–Kier alpha value is -3.29. The first-order valence-electron chi connectivity index (χ1n) is 6.92. The summed E-state index contributed by atoms with van der Waals surface area (Å²) in [5, 5.41) is 14.8. The number of nitro groups is 1. The lowest BCUT2D eigenvalue weighted by molar-refractivity contribution is -0.384. The van der Waals surface area contributed by atoms with Gasteiger partial charge >= 0.3 is 0 Å². The lowest BCUT2D eigenvalue weighted by atomic mass is 10.2. The fourth-order valence-electron chi connectivity index (χ4n) is 2.05. The van der Waals surface area contributed by atoms with E-state index in [1.54, 1.807) is 30.5 Å². The van der Waals surface area contributed by atoms with E-state index in [0.29, 0.717) is 28.5 Å². The molecule has 126 valence electrons. The Morgan fingerprint density at radius 3 is 2.29 bits per heavy atom. The van der Waals surface area contributed by atoms with Gasteiger partial charge in [0.15, 0.2) is 11.5 Å². The summed E-state index contributed by atoms with van der Waals surface area (Å²) >= 11 is 0. The Bertz CT molecular complexity index is 736. The minimum absolute atomic E-state index is 0.0111. The monoisotopic (exact) mass is 331 g/mol. The predicted octanol–water partition coefficient (Wildman–Crippen LogP) is 3.07. The smallest absolute Gasteiger partial charge is 0.271 e. The number of hydrogen-bond acceptors (Lipinski definition) is 7. The average molecular weight is 331 g/mol. The molecular formula is C16H17N3O5. The van der Waals surface area contributed by atoms with Gasteiger partial charge in [-0.2, -0.15) is 5.10 Å². The van der Waals surface area contributed by atoms with Crippen LogP contribution in [-0.4, -0.2) is 32.5 Å². The molecule has 2 aromatic rings. The number of anilines is 1. The van der Waals surface area contributed by atoms with E-state index in [1.807, 2.05) is 0 Å². The van der Waals surface area contributed by atoms with Crippen molar-refractivity contribution in [2.75, 3.05) is 26.8 Å². The number of hydrogen-bond donors (Lipinski definition) is 1. The van der Waals surface area contributed by atoms with Crippen LogP contribution in [0, 0.1) is 10.1 Å². The largest absolute Gasteiger partial charge is 0.493 e. The van der Waals surface area contributed by atoms with Crippen LogP contribution in [0.4, 0.5) is 11.4 Å². The van der Waals surface area contributed by atoms with Crippen molar-refractivity contribution in [2.45, 2.75) is 0 Å². The van der Waals surface area contributed by atoms with Gasteiger partial charge in [0.25, 0.3) is 5.69 Å². The van der Waals surface area contributed by atoms with E-state index in [2.05, 4.69) is 10.5 Å². The van der Waals surface area contributed by atoms with E-state index in [1.165, 1.54) is 33.5 Å². The zero-order valence-corrected chi connectivity index (χ0v) is 13.5. The fourth-order valence-corrected chi connectivity index (χ4v) is 2.05. The van der Waals surface area contributed by atoms with Gasteiger partial charge in [-0.3, -0.25) is 15.5 Å². The third kappa shape index (κ3) is 3.92. The van der Waals surface area contributed by atoms with Crippen LogP contribution in [0.3, 0.4) is 0 Å². The number of nitrogens with zero attached hydrogens (tertiary/aromatic N) is 2. The maximum absolute atomic E-state index is 10.7. The van der Waals surface area contributed by atoms with Crippen molar-refractivity contribution in [3.05, 3.63) is 52.1 Å². The number of nitro benzene ring substituents is 1. The number of rotatable bonds is 7. The summed E-state index contributed by atoms with van der Waals surface area (Å²) in [5.41, 5.74) is 3.95. The maximum atomic E-state index is 10.7. The molecule has 0 saturated heterocycles. The van der Waals surface area contributed by atoms with Crippen molar-refractivity contribution in [1.82, 2.24) is 0 Å². The highest BCUT2D eigenvalue weighted by Crippen LogP contribution is 2.37. The lowest BCUT2D eigenvalue weighted by Gasteiger charge is -2.12. The van der Waals surface area contributed by atoms with E-state index in [9.17, 15) is 10.1 Å². The Labute approximate surface area is 138 Å². The summed E-state index contributed by atoms with van der Waals surface area (Å²) in [6, 6.07) is 9.54. The third-order valence-electron chi connectivity index (χ3n) is 3.15. The molecule has 0 radical (unpaired) electrons. The van der Waals surface area contributed by atoms with Gasteiger partial charge in [-0.15, -0.1) is 0 Å². The minimum atomic E-state index is -0.464. The van der Waals surface area contributed by atoms with Crippen LogP contribution in [0.25, 0.3) is 0 Å². The molecule has 0 aliphatic carbocycles. The summed E-state index contributed by atoms with van der Waals surface area (Å²) in [7, 11) is 4.58. The molecule has 0 fully saturated rings. The highest BCUT2D eigenvalue weighted by Gasteiger charge is 2.12.